The zero-order chi connectivity index (χ0) is 19.8. The number of amides is 1. The summed E-state index contributed by atoms with van der Waals surface area (Å²) in [6.45, 7) is 4.27. The molecule has 1 aliphatic heterocycles. The molecule has 1 fully saturated rings. The number of rotatable bonds is 7. The number of hydrogen-bond donors (Lipinski definition) is 0. The van der Waals surface area contributed by atoms with Crippen LogP contribution < -0.4 is 0 Å². The first-order valence-electron chi connectivity index (χ1n) is 10.1. The quantitative estimate of drug-likeness (QED) is 0.716. The molecule has 3 nitrogen and oxygen atoms in total. The van der Waals surface area contributed by atoms with Crippen molar-refractivity contribution >= 4 is 5.91 Å². The maximum Gasteiger partial charge on any atom is 0.222 e. The fraction of sp³-hybridized carbons (Fsp3) is 0.435. The topological polar surface area (TPSA) is 23.6 Å². The molecule has 0 bridgehead atoms. The van der Waals surface area contributed by atoms with Crippen LogP contribution >= 0.6 is 0 Å². The second-order valence-corrected chi connectivity index (χ2v) is 7.37. The Kier molecular flexibility index (Phi) is 7.54. The highest BCUT2D eigenvalue weighted by Gasteiger charge is 2.20. The summed E-state index contributed by atoms with van der Waals surface area (Å²) in [4.78, 5) is 16.8. The first-order valence-corrected chi connectivity index (χ1v) is 10.1. The summed E-state index contributed by atoms with van der Waals surface area (Å²) in [6, 6.07) is 14.3. The Bertz CT molecular complexity index is 746. The molecule has 3 rings (SSSR count). The Hall–Kier alpha value is -2.27. The van der Waals surface area contributed by atoms with E-state index in [1.807, 2.05) is 11.0 Å². The molecule has 5 heteroatoms. The van der Waals surface area contributed by atoms with Crippen LogP contribution in [0.1, 0.15) is 30.4 Å². The smallest absolute Gasteiger partial charge is 0.222 e. The zero-order valence-electron chi connectivity index (χ0n) is 16.2. The number of carbonyl (C=O) groups excluding carboxylic acids is 1. The molecule has 0 saturated carbocycles. The van der Waals surface area contributed by atoms with E-state index in [-0.39, 0.29) is 24.3 Å². The van der Waals surface area contributed by atoms with E-state index in [9.17, 15) is 13.6 Å². The third-order valence-corrected chi connectivity index (χ3v) is 5.37. The maximum absolute atomic E-state index is 13.7. The molecule has 2 aromatic rings. The third kappa shape index (κ3) is 5.86. The van der Waals surface area contributed by atoms with E-state index in [2.05, 4.69) is 29.2 Å². The summed E-state index contributed by atoms with van der Waals surface area (Å²) in [6.07, 6.45) is 3.35. The summed E-state index contributed by atoms with van der Waals surface area (Å²) in [5.41, 5.74) is 1.36. The van der Waals surface area contributed by atoms with Crippen LogP contribution in [0.3, 0.4) is 0 Å². The Labute approximate surface area is 166 Å². The number of nitrogens with zero attached hydrogens (tertiary/aromatic N) is 2. The van der Waals surface area contributed by atoms with Crippen molar-refractivity contribution in [2.24, 2.45) is 0 Å². The van der Waals surface area contributed by atoms with Gasteiger partial charge >= 0.3 is 0 Å². The SMILES string of the molecule is O=C(CCc1c(F)cccc1F)N1CCCN(CCCc2ccccc2)CC1. The highest BCUT2D eigenvalue weighted by Crippen LogP contribution is 2.15. The van der Waals surface area contributed by atoms with E-state index in [4.69, 9.17) is 0 Å². The fourth-order valence-corrected chi connectivity index (χ4v) is 3.76. The molecule has 0 spiro atoms. The Morgan fingerprint density at radius 1 is 0.857 bits per heavy atom. The summed E-state index contributed by atoms with van der Waals surface area (Å²) < 4.78 is 27.5. The van der Waals surface area contributed by atoms with Gasteiger partial charge in [-0.2, -0.15) is 0 Å². The van der Waals surface area contributed by atoms with Crippen LogP contribution in [0, 0.1) is 11.6 Å². The minimum atomic E-state index is -0.576. The second-order valence-electron chi connectivity index (χ2n) is 7.37. The molecule has 2 aromatic carbocycles. The van der Waals surface area contributed by atoms with Crippen LogP contribution in [-0.2, 0) is 17.6 Å². The molecule has 1 saturated heterocycles. The molecule has 0 aliphatic carbocycles. The Morgan fingerprint density at radius 3 is 2.36 bits per heavy atom. The number of hydrogen-bond acceptors (Lipinski definition) is 2. The third-order valence-electron chi connectivity index (χ3n) is 5.37. The molecular formula is C23H28F2N2O. The lowest BCUT2D eigenvalue weighted by Gasteiger charge is -2.22. The molecule has 0 atom stereocenters. The van der Waals surface area contributed by atoms with Crippen molar-refractivity contribution in [2.45, 2.75) is 32.1 Å². The van der Waals surface area contributed by atoms with E-state index < -0.39 is 11.6 Å². The number of halogens is 2. The van der Waals surface area contributed by atoms with Gasteiger partial charge in [0.05, 0.1) is 0 Å². The van der Waals surface area contributed by atoms with E-state index >= 15 is 0 Å². The molecule has 1 aliphatic rings. The van der Waals surface area contributed by atoms with Crippen molar-refractivity contribution in [3.8, 4) is 0 Å². The van der Waals surface area contributed by atoms with Crippen LogP contribution in [0.15, 0.2) is 48.5 Å². The molecular weight excluding hydrogens is 358 g/mol. The van der Waals surface area contributed by atoms with Crippen molar-refractivity contribution in [3.05, 3.63) is 71.3 Å². The van der Waals surface area contributed by atoms with Gasteiger partial charge in [-0.25, -0.2) is 8.78 Å². The normalized spacial score (nSPS) is 15.4. The zero-order valence-corrected chi connectivity index (χ0v) is 16.2. The van der Waals surface area contributed by atoms with Crippen molar-refractivity contribution < 1.29 is 13.6 Å². The van der Waals surface area contributed by atoms with Crippen LogP contribution in [0.5, 0.6) is 0 Å². The van der Waals surface area contributed by atoms with Gasteiger partial charge in [0, 0.05) is 31.6 Å². The lowest BCUT2D eigenvalue weighted by Crippen LogP contribution is -2.35. The second kappa shape index (κ2) is 10.3. The highest BCUT2D eigenvalue weighted by molar-refractivity contribution is 5.76. The average Bonchev–Trinajstić information content (AvgIpc) is 2.94. The van der Waals surface area contributed by atoms with Crippen LogP contribution in [0.4, 0.5) is 8.78 Å². The molecule has 0 aromatic heterocycles. The van der Waals surface area contributed by atoms with Gasteiger partial charge in [0.1, 0.15) is 11.6 Å². The molecule has 0 unspecified atom stereocenters. The minimum absolute atomic E-state index is 0.00760. The summed E-state index contributed by atoms with van der Waals surface area (Å²) in [7, 11) is 0. The van der Waals surface area contributed by atoms with Crippen LogP contribution in [0.25, 0.3) is 0 Å². The van der Waals surface area contributed by atoms with Crippen LogP contribution in [0.2, 0.25) is 0 Å². The largest absolute Gasteiger partial charge is 0.341 e. The van der Waals surface area contributed by atoms with Gasteiger partial charge in [0.2, 0.25) is 5.91 Å². The van der Waals surface area contributed by atoms with Crippen molar-refractivity contribution in [2.75, 3.05) is 32.7 Å². The predicted octanol–water partition coefficient (Wildman–Crippen LogP) is 4.06. The standard InChI is InChI=1S/C23H28F2N2O/c24-21-10-4-11-22(25)20(21)12-13-23(28)27-16-6-15-26(17-18-27)14-5-9-19-7-2-1-3-8-19/h1-4,7-8,10-11H,5-6,9,12-18H2. The predicted molar refractivity (Wildman–Crippen MR) is 107 cm³/mol. The Balaban J connectivity index is 1.42. The number of aryl methyl sites for hydroxylation is 1. The minimum Gasteiger partial charge on any atom is -0.341 e. The van der Waals surface area contributed by atoms with Crippen molar-refractivity contribution in [1.82, 2.24) is 9.80 Å². The molecule has 28 heavy (non-hydrogen) atoms. The summed E-state index contributed by atoms with van der Waals surface area (Å²) >= 11 is 0. The van der Waals surface area contributed by atoms with Crippen molar-refractivity contribution in [1.29, 1.82) is 0 Å². The average molecular weight is 386 g/mol. The maximum atomic E-state index is 13.7. The van der Waals surface area contributed by atoms with Gasteiger partial charge in [-0.15, -0.1) is 0 Å². The molecule has 1 heterocycles. The van der Waals surface area contributed by atoms with E-state index in [0.717, 1.165) is 38.9 Å². The monoisotopic (exact) mass is 386 g/mol. The van der Waals surface area contributed by atoms with Gasteiger partial charge in [-0.1, -0.05) is 36.4 Å². The Morgan fingerprint density at radius 2 is 1.61 bits per heavy atom. The van der Waals surface area contributed by atoms with Gasteiger partial charge in [-0.3, -0.25) is 4.79 Å². The van der Waals surface area contributed by atoms with Gasteiger partial charge in [0.15, 0.2) is 0 Å². The summed E-state index contributed by atoms with van der Waals surface area (Å²) in [5, 5.41) is 0. The van der Waals surface area contributed by atoms with E-state index in [0.29, 0.717) is 13.1 Å². The van der Waals surface area contributed by atoms with Gasteiger partial charge < -0.3 is 9.80 Å². The first-order chi connectivity index (χ1) is 13.6. The molecule has 0 N–H and O–H groups in total. The molecule has 150 valence electrons. The molecule has 0 radical (unpaired) electrons. The lowest BCUT2D eigenvalue weighted by atomic mass is 10.1. The first kappa shape index (κ1) is 20.5. The number of carbonyl (C=O) groups is 1. The van der Waals surface area contributed by atoms with Crippen molar-refractivity contribution in [3.63, 3.8) is 0 Å². The molecule has 1 amide bonds. The lowest BCUT2D eigenvalue weighted by molar-refractivity contribution is -0.131. The number of benzene rings is 2. The van der Waals surface area contributed by atoms with Crippen LogP contribution in [-0.4, -0.2) is 48.4 Å². The van der Waals surface area contributed by atoms with E-state index in [1.165, 1.54) is 23.8 Å². The summed E-state index contributed by atoms with van der Waals surface area (Å²) in [5.74, 6) is -1.17. The van der Waals surface area contributed by atoms with E-state index in [1.54, 1.807) is 0 Å². The fourth-order valence-electron chi connectivity index (χ4n) is 3.76. The van der Waals surface area contributed by atoms with Gasteiger partial charge in [-0.05, 0) is 56.5 Å². The van der Waals surface area contributed by atoms with Gasteiger partial charge in [0.25, 0.3) is 0 Å². The highest BCUT2D eigenvalue weighted by atomic mass is 19.1.